The van der Waals surface area contributed by atoms with Gasteiger partial charge >= 0.3 is 0 Å². The lowest BCUT2D eigenvalue weighted by atomic mass is 10.0. The number of rotatable bonds is 56. The van der Waals surface area contributed by atoms with Crippen LogP contribution in [0.3, 0.4) is 0 Å². The van der Waals surface area contributed by atoms with Gasteiger partial charge in [-0.15, -0.1) is 0 Å². The number of quaternary nitrogens is 1. The van der Waals surface area contributed by atoms with Crippen molar-refractivity contribution in [2.45, 2.75) is 283 Å². The number of hydrogen-bond donors (Lipinski definition) is 2. The normalized spacial score (nSPS) is 14.4. The highest BCUT2D eigenvalue weighted by molar-refractivity contribution is 7.45. The molecular formula is C65H119N2O6P. The Hall–Kier alpha value is -2.32. The molecular weight excluding hydrogens is 936 g/mol. The van der Waals surface area contributed by atoms with Gasteiger partial charge in [0, 0.05) is 6.42 Å². The van der Waals surface area contributed by atoms with Gasteiger partial charge in [-0.2, -0.15) is 0 Å². The zero-order valence-electron chi connectivity index (χ0n) is 49.0. The molecule has 430 valence electrons. The van der Waals surface area contributed by atoms with Crippen LogP contribution in [0.5, 0.6) is 0 Å². The number of likely N-dealkylation sites (N-methyl/N-ethyl adjacent to an activating group) is 1. The maximum Gasteiger partial charge on any atom is 0.268 e. The highest BCUT2D eigenvalue weighted by atomic mass is 31.2. The number of amides is 1. The third-order valence-corrected chi connectivity index (χ3v) is 14.6. The van der Waals surface area contributed by atoms with E-state index in [1.807, 2.05) is 21.1 Å². The molecule has 0 spiro atoms. The third-order valence-electron chi connectivity index (χ3n) is 13.6. The first-order chi connectivity index (χ1) is 36.0. The summed E-state index contributed by atoms with van der Waals surface area (Å²) in [7, 11) is 1.27. The van der Waals surface area contributed by atoms with Gasteiger partial charge in [-0.3, -0.25) is 9.36 Å². The molecule has 2 N–H and O–H groups in total. The van der Waals surface area contributed by atoms with Gasteiger partial charge in [0.2, 0.25) is 5.91 Å². The fourth-order valence-electron chi connectivity index (χ4n) is 8.85. The molecule has 0 radical (unpaired) electrons. The second-order valence-electron chi connectivity index (χ2n) is 22.0. The highest BCUT2D eigenvalue weighted by Crippen LogP contribution is 2.38. The number of phosphoric acid groups is 1. The van der Waals surface area contributed by atoms with Crippen LogP contribution in [0, 0.1) is 0 Å². The first-order valence-corrected chi connectivity index (χ1v) is 32.4. The molecule has 0 saturated heterocycles. The lowest BCUT2D eigenvalue weighted by molar-refractivity contribution is -0.870. The summed E-state index contributed by atoms with van der Waals surface area (Å²) in [4.78, 5) is 25.6. The van der Waals surface area contributed by atoms with E-state index in [0.717, 1.165) is 89.9 Å². The summed E-state index contributed by atoms with van der Waals surface area (Å²) in [5, 5.41) is 14.0. The summed E-state index contributed by atoms with van der Waals surface area (Å²) in [6.45, 7) is 4.60. The Morgan fingerprint density at radius 2 is 0.824 bits per heavy atom. The molecule has 1 amide bonds. The maximum absolute atomic E-state index is 13.0. The largest absolute Gasteiger partial charge is 0.756 e. The van der Waals surface area contributed by atoms with Crippen molar-refractivity contribution in [3.05, 3.63) is 85.1 Å². The van der Waals surface area contributed by atoms with Crippen molar-refractivity contribution >= 4 is 13.7 Å². The van der Waals surface area contributed by atoms with Gasteiger partial charge in [0.05, 0.1) is 39.9 Å². The molecule has 0 fully saturated rings. The molecule has 3 atom stereocenters. The molecule has 74 heavy (non-hydrogen) atoms. The zero-order valence-corrected chi connectivity index (χ0v) is 49.9. The Morgan fingerprint density at radius 3 is 1.19 bits per heavy atom. The van der Waals surface area contributed by atoms with Crippen LogP contribution >= 0.6 is 7.82 Å². The molecule has 0 heterocycles. The maximum atomic E-state index is 13.0. The van der Waals surface area contributed by atoms with Crippen molar-refractivity contribution in [3.8, 4) is 0 Å². The van der Waals surface area contributed by atoms with Crippen molar-refractivity contribution < 1.29 is 32.9 Å². The number of unbranched alkanes of at least 4 members (excludes halogenated alkanes) is 29. The molecule has 0 aromatic carbocycles. The molecule has 8 nitrogen and oxygen atoms in total. The summed E-state index contributed by atoms with van der Waals surface area (Å²) in [5.74, 6) is -0.197. The van der Waals surface area contributed by atoms with Crippen molar-refractivity contribution in [2.24, 2.45) is 0 Å². The first-order valence-electron chi connectivity index (χ1n) is 30.9. The second kappa shape index (κ2) is 55.4. The van der Waals surface area contributed by atoms with E-state index < -0.39 is 20.0 Å². The van der Waals surface area contributed by atoms with Crippen LogP contribution in [0.15, 0.2) is 85.1 Å². The zero-order chi connectivity index (χ0) is 54.2. The Bertz CT molecular complexity index is 1480. The second-order valence-corrected chi connectivity index (χ2v) is 23.4. The quantitative estimate of drug-likeness (QED) is 0.0272. The van der Waals surface area contributed by atoms with E-state index >= 15 is 0 Å². The number of hydrogen-bond acceptors (Lipinski definition) is 6. The summed E-state index contributed by atoms with van der Waals surface area (Å²) in [5.41, 5.74) is 0. The van der Waals surface area contributed by atoms with E-state index in [-0.39, 0.29) is 19.1 Å². The lowest BCUT2D eigenvalue weighted by Gasteiger charge is -2.30. The number of phosphoric ester groups is 1. The lowest BCUT2D eigenvalue weighted by Crippen LogP contribution is -2.46. The van der Waals surface area contributed by atoms with Gasteiger partial charge in [0.15, 0.2) is 0 Å². The van der Waals surface area contributed by atoms with E-state index in [1.165, 1.54) is 154 Å². The van der Waals surface area contributed by atoms with Crippen LogP contribution in [0.4, 0.5) is 0 Å². The third kappa shape index (κ3) is 57.4. The molecule has 9 heteroatoms. The predicted molar refractivity (Wildman–Crippen MR) is 320 cm³/mol. The molecule has 0 aliphatic rings. The standard InChI is InChI=1S/C65H119N2O6P/c1-6-8-10-12-14-16-18-20-22-24-26-28-30-32-33-35-36-38-40-42-44-46-48-50-52-54-56-58-64(68)63(62-73-74(70,71)72-61-60-67(3,4)5)66-65(69)59-57-55-53-51-49-47-45-43-41-39-37-34-31-29-27-25-23-21-19-17-15-13-11-9-7-2/h9,11,15,17,21,23,27,29,34,37,41,43,47,49,63-64,68H,6-8,10,12-14,16,18-20,22,24-26,28,30-33,35-36,38-40,42,44-46,48,50-62H2,1-5H3,(H-,66,69,70,71)/b11-9-,17-15-,23-21-,29-27-,37-34-,43-41-,49-47-. The minimum atomic E-state index is -4.59. The van der Waals surface area contributed by atoms with Crippen LogP contribution < -0.4 is 10.2 Å². The smallest absolute Gasteiger partial charge is 0.268 e. The number of allylic oxidation sites excluding steroid dienone is 14. The Kier molecular flexibility index (Phi) is 53.7. The highest BCUT2D eigenvalue weighted by Gasteiger charge is 2.24. The average molecular weight is 1060 g/mol. The van der Waals surface area contributed by atoms with Crippen molar-refractivity contribution in [1.29, 1.82) is 0 Å². The van der Waals surface area contributed by atoms with Gasteiger partial charge in [-0.1, -0.05) is 279 Å². The molecule has 3 unspecified atom stereocenters. The van der Waals surface area contributed by atoms with Gasteiger partial charge in [0.25, 0.3) is 7.82 Å². The summed E-state index contributed by atoms with van der Waals surface area (Å²) in [6, 6.07) is -0.826. The minimum Gasteiger partial charge on any atom is -0.756 e. The van der Waals surface area contributed by atoms with E-state index in [1.54, 1.807) is 0 Å². The molecule has 0 bridgehead atoms. The van der Waals surface area contributed by atoms with Gasteiger partial charge in [-0.05, 0) is 70.6 Å². The van der Waals surface area contributed by atoms with Crippen molar-refractivity contribution in [2.75, 3.05) is 40.9 Å². The Balaban J connectivity index is 4.21. The van der Waals surface area contributed by atoms with Gasteiger partial charge in [-0.25, -0.2) is 0 Å². The number of aliphatic hydroxyl groups excluding tert-OH is 1. The molecule has 0 aliphatic heterocycles. The van der Waals surface area contributed by atoms with Crippen LogP contribution in [0.25, 0.3) is 0 Å². The van der Waals surface area contributed by atoms with Crippen LogP contribution in [0.2, 0.25) is 0 Å². The van der Waals surface area contributed by atoms with Crippen LogP contribution in [-0.2, 0) is 18.4 Å². The minimum absolute atomic E-state index is 0.00115. The molecule has 0 aromatic heterocycles. The van der Waals surface area contributed by atoms with E-state index in [9.17, 15) is 19.4 Å². The summed E-state index contributed by atoms with van der Waals surface area (Å²) < 4.78 is 23.4. The number of carbonyl (C=O) groups is 1. The van der Waals surface area contributed by atoms with E-state index in [2.05, 4.69) is 104 Å². The summed E-state index contributed by atoms with van der Waals surface area (Å²) in [6.07, 6.45) is 77.7. The van der Waals surface area contributed by atoms with Crippen molar-refractivity contribution in [1.82, 2.24) is 5.32 Å². The molecule has 0 aliphatic carbocycles. The van der Waals surface area contributed by atoms with Gasteiger partial charge in [0.1, 0.15) is 13.2 Å². The molecule has 0 aromatic rings. The van der Waals surface area contributed by atoms with Crippen LogP contribution in [-0.4, -0.2) is 68.5 Å². The van der Waals surface area contributed by atoms with Crippen molar-refractivity contribution in [3.63, 3.8) is 0 Å². The number of nitrogens with zero attached hydrogens (tertiary/aromatic N) is 1. The first kappa shape index (κ1) is 71.7. The monoisotopic (exact) mass is 1050 g/mol. The van der Waals surface area contributed by atoms with Crippen LogP contribution in [0.1, 0.15) is 271 Å². The average Bonchev–Trinajstić information content (AvgIpc) is 3.36. The topological polar surface area (TPSA) is 108 Å². The van der Waals surface area contributed by atoms with E-state index in [4.69, 9.17) is 9.05 Å². The summed E-state index contributed by atoms with van der Waals surface area (Å²) >= 11 is 0. The molecule has 0 rings (SSSR count). The molecule has 0 saturated carbocycles. The number of carbonyl (C=O) groups excluding carboxylic acids is 1. The Morgan fingerprint density at radius 1 is 0.486 bits per heavy atom. The van der Waals surface area contributed by atoms with E-state index in [0.29, 0.717) is 23.9 Å². The van der Waals surface area contributed by atoms with Gasteiger partial charge < -0.3 is 28.8 Å². The fraction of sp³-hybridized carbons (Fsp3) is 0.769. The number of aliphatic hydroxyl groups is 1. The SMILES string of the molecule is CC/C=C\C/C=C\C/C=C\C/C=C\C/C=C\C/C=C\C/C=C\CCCCCC(=O)NC(COP(=O)([O-])OCC[N+](C)(C)C)C(O)CCCCCCCCCCCCCCCCCCCCCCCCCCCCC. The Labute approximate surface area is 458 Å². The number of nitrogens with one attached hydrogen (secondary N) is 1. The predicted octanol–water partition coefficient (Wildman–Crippen LogP) is 18.6. The fourth-order valence-corrected chi connectivity index (χ4v) is 9.57.